The monoisotopic (exact) mass is 328 g/mol. The highest BCUT2D eigenvalue weighted by molar-refractivity contribution is 5.85. The smallest absolute Gasteiger partial charge is 0.303 e. The predicted molar refractivity (Wildman–Crippen MR) is 89.1 cm³/mol. The van der Waals surface area contributed by atoms with E-state index in [1.165, 1.54) is 0 Å². The number of nitrogens with two attached hydrogens (primary N) is 1. The van der Waals surface area contributed by atoms with Crippen molar-refractivity contribution in [2.45, 2.75) is 38.1 Å². The number of hydrogen-bond acceptors (Lipinski definition) is 3. The number of aliphatic carboxylic acids is 1. The summed E-state index contributed by atoms with van der Waals surface area (Å²) < 4.78 is 0. The first-order valence-corrected chi connectivity index (χ1v) is 7.27. The van der Waals surface area contributed by atoms with E-state index in [9.17, 15) is 9.59 Å². The molecule has 0 aliphatic heterocycles. The topological polar surface area (TPSA) is 83.6 Å². The molecule has 5 nitrogen and oxygen atoms in total. The van der Waals surface area contributed by atoms with Crippen molar-refractivity contribution in [3.63, 3.8) is 0 Å². The van der Waals surface area contributed by atoms with Gasteiger partial charge in [0.25, 0.3) is 0 Å². The maximum Gasteiger partial charge on any atom is 0.303 e. The van der Waals surface area contributed by atoms with Gasteiger partial charge in [-0.05, 0) is 24.8 Å². The lowest BCUT2D eigenvalue weighted by Gasteiger charge is -2.21. The Morgan fingerprint density at radius 1 is 1.18 bits per heavy atom. The Bertz CT molecular complexity index is 454. The van der Waals surface area contributed by atoms with Gasteiger partial charge in [0.05, 0.1) is 6.04 Å². The number of carbonyl (C=O) groups excluding carboxylic acids is 1. The largest absolute Gasteiger partial charge is 0.481 e. The van der Waals surface area contributed by atoms with Crippen LogP contribution in [0, 0.1) is 0 Å². The summed E-state index contributed by atoms with van der Waals surface area (Å²) in [6, 6.07) is 9.17. The Hall–Kier alpha value is -1.59. The second-order valence-corrected chi connectivity index (χ2v) is 5.26. The summed E-state index contributed by atoms with van der Waals surface area (Å²) >= 11 is 0. The summed E-state index contributed by atoms with van der Waals surface area (Å²) in [5.74, 6) is -0.846. The number of unbranched alkanes of at least 4 members (excludes halogenated alkanes) is 2. The zero-order chi connectivity index (χ0) is 15.7. The third-order valence-corrected chi connectivity index (χ3v) is 3.38. The van der Waals surface area contributed by atoms with E-state index in [0.29, 0.717) is 19.4 Å². The Balaban J connectivity index is 0.00000441. The fraction of sp³-hybridized carbons (Fsp3) is 0.500. The molecular weight excluding hydrogens is 304 g/mol. The molecule has 22 heavy (non-hydrogen) atoms. The van der Waals surface area contributed by atoms with E-state index >= 15 is 0 Å². The molecule has 1 atom stereocenters. The van der Waals surface area contributed by atoms with Crippen LogP contribution in [0.5, 0.6) is 0 Å². The predicted octanol–water partition coefficient (Wildman–Crippen LogP) is 2.08. The van der Waals surface area contributed by atoms with Gasteiger partial charge in [-0.2, -0.15) is 0 Å². The lowest BCUT2D eigenvalue weighted by Crippen LogP contribution is -2.43. The minimum absolute atomic E-state index is 0. The number of hydrogen-bond donors (Lipinski definition) is 2. The van der Waals surface area contributed by atoms with Crippen LogP contribution in [0.4, 0.5) is 0 Å². The zero-order valence-corrected chi connectivity index (χ0v) is 13.7. The van der Waals surface area contributed by atoms with Crippen molar-refractivity contribution in [3.8, 4) is 0 Å². The summed E-state index contributed by atoms with van der Waals surface area (Å²) in [6.07, 6.45) is 2.97. The maximum atomic E-state index is 12.1. The number of amides is 1. The van der Waals surface area contributed by atoms with E-state index < -0.39 is 12.0 Å². The number of likely N-dealkylation sites (N-methyl/N-ethyl adjacent to an activating group) is 1. The van der Waals surface area contributed by atoms with Gasteiger partial charge in [-0.1, -0.05) is 36.8 Å². The molecule has 1 aromatic rings. The first-order valence-electron chi connectivity index (χ1n) is 7.27. The Labute approximate surface area is 137 Å². The minimum Gasteiger partial charge on any atom is -0.481 e. The molecule has 0 aliphatic rings. The second-order valence-electron chi connectivity index (χ2n) is 5.26. The summed E-state index contributed by atoms with van der Waals surface area (Å²) in [7, 11) is 1.74. The summed E-state index contributed by atoms with van der Waals surface area (Å²) in [5.41, 5.74) is 7.00. The molecule has 1 rings (SSSR count). The molecule has 1 aromatic carbocycles. The molecule has 0 bridgehead atoms. The number of rotatable bonds is 9. The fourth-order valence-corrected chi connectivity index (χ4v) is 2.15. The Morgan fingerprint density at radius 3 is 2.41 bits per heavy atom. The van der Waals surface area contributed by atoms with Crippen molar-refractivity contribution in [3.05, 3.63) is 35.9 Å². The maximum absolute atomic E-state index is 12.1. The summed E-state index contributed by atoms with van der Waals surface area (Å²) in [5, 5.41) is 8.54. The van der Waals surface area contributed by atoms with E-state index in [1.807, 2.05) is 30.3 Å². The molecule has 0 spiro atoms. The highest BCUT2D eigenvalue weighted by Gasteiger charge is 2.17. The van der Waals surface area contributed by atoms with Gasteiger partial charge in [-0.15, -0.1) is 12.4 Å². The molecule has 6 heteroatoms. The number of carbonyl (C=O) groups is 2. The van der Waals surface area contributed by atoms with Crippen molar-refractivity contribution < 1.29 is 14.7 Å². The van der Waals surface area contributed by atoms with Crippen molar-refractivity contribution in [2.24, 2.45) is 5.73 Å². The van der Waals surface area contributed by atoms with Gasteiger partial charge in [0.1, 0.15) is 0 Å². The molecule has 124 valence electrons. The van der Waals surface area contributed by atoms with Crippen LogP contribution in [0.15, 0.2) is 30.3 Å². The van der Waals surface area contributed by atoms with E-state index in [2.05, 4.69) is 0 Å². The first-order chi connectivity index (χ1) is 10.0. The Kier molecular flexibility index (Phi) is 10.2. The van der Waals surface area contributed by atoms with Crippen molar-refractivity contribution in [1.29, 1.82) is 0 Å². The van der Waals surface area contributed by atoms with Gasteiger partial charge >= 0.3 is 5.97 Å². The van der Waals surface area contributed by atoms with Crippen molar-refractivity contribution in [1.82, 2.24) is 4.90 Å². The lowest BCUT2D eigenvalue weighted by atomic mass is 10.1. The number of halogens is 1. The molecular formula is C16H25ClN2O3. The van der Waals surface area contributed by atoms with Gasteiger partial charge in [-0.3, -0.25) is 9.59 Å². The normalized spacial score (nSPS) is 11.4. The molecule has 0 radical (unpaired) electrons. The summed E-state index contributed by atoms with van der Waals surface area (Å²) in [4.78, 5) is 24.1. The molecule has 1 amide bonds. The number of carboxylic acids is 1. The molecule has 0 heterocycles. The molecule has 0 aliphatic carbocycles. The van der Waals surface area contributed by atoms with Crippen LogP contribution in [-0.4, -0.2) is 41.5 Å². The van der Waals surface area contributed by atoms with Crippen LogP contribution in [0.25, 0.3) is 0 Å². The highest BCUT2D eigenvalue weighted by Crippen LogP contribution is 2.06. The molecule has 0 fully saturated rings. The Morgan fingerprint density at radius 2 is 1.82 bits per heavy atom. The third-order valence-electron chi connectivity index (χ3n) is 3.38. The quantitative estimate of drug-likeness (QED) is 0.680. The van der Waals surface area contributed by atoms with E-state index in [4.69, 9.17) is 10.8 Å². The number of nitrogens with zero attached hydrogens (tertiary/aromatic N) is 1. The van der Waals surface area contributed by atoms with Gasteiger partial charge < -0.3 is 15.7 Å². The number of carboxylic acid groups (broad SMARTS) is 1. The van der Waals surface area contributed by atoms with Crippen LogP contribution < -0.4 is 5.73 Å². The van der Waals surface area contributed by atoms with Crippen LogP contribution in [-0.2, 0) is 16.0 Å². The van der Waals surface area contributed by atoms with Gasteiger partial charge in [0, 0.05) is 20.0 Å². The average molecular weight is 329 g/mol. The second kappa shape index (κ2) is 11.0. The lowest BCUT2D eigenvalue weighted by molar-refractivity contribution is -0.137. The van der Waals surface area contributed by atoms with Crippen LogP contribution >= 0.6 is 12.4 Å². The standard InChI is InChI=1S/C16H24N2O3.ClH/c1-18(11-7-3-6-10-15(19)20)16(21)14(17)12-13-8-4-2-5-9-13;/h2,4-5,8-9,14H,3,6-7,10-12,17H2,1H3,(H,19,20);1H. The molecule has 3 N–H and O–H groups in total. The SMILES string of the molecule is CN(CCCCCC(=O)O)C(=O)C(N)Cc1ccccc1.Cl. The molecule has 0 saturated carbocycles. The third kappa shape index (κ3) is 8.00. The summed E-state index contributed by atoms with van der Waals surface area (Å²) in [6.45, 7) is 0.612. The van der Waals surface area contributed by atoms with Crippen LogP contribution in [0.3, 0.4) is 0 Å². The number of benzene rings is 1. The average Bonchev–Trinajstić information content (AvgIpc) is 2.46. The minimum atomic E-state index is -0.774. The molecule has 0 aromatic heterocycles. The van der Waals surface area contributed by atoms with Gasteiger partial charge in [-0.25, -0.2) is 0 Å². The highest BCUT2D eigenvalue weighted by atomic mass is 35.5. The van der Waals surface area contributed by atoms with Crippen molar-refractivity contribution in [2.75, 3.05) is 13.6 Å². The zero-order valence-electron chi connectivity index (χ0n) is 12.9. The molecule has 1 unspecified atom stereocenters. The molecule has 0 saturated heterocycles. The first kappa shape index (κ1) is 20.4. The fourth-order valence-electron chi connectivity index (χ4n) is 2.15. The van der Waals surface area contributed by atoms with Gasteiger partial charge in [0.15, 0.2) is 0 Å². The van der Waals surface area contributed by atoms with E-state index in [-0.39, 0.29) is 24.7 Å². The van der Waals surface area contributed by atoms with Gasteiger partial charge in [0.2, 0.25) is 5.91 Å². The van der Waals surface area contributed by atoms with E-state index in [0.717, 1.165) is 18.4 Å². The van der Waals surface area contributed by atoms with Crippen molar-refractivity contribution >= 4 is 24.3 Å². The van der Waals surface area contributed by atoms with Crippen LogP contribution in [0.2, 0.25) is 0 Å². The van der Waals surface area contributed by atoms with Crippen LogP contribution in [0.1, 0.15) is 31.2 Å². The van der Waals surface area contributed by atoms with E-state index in [1.54, 1.807) is 11.9 Å².